The zero-order valence-electron chi connectivity index (χ0n) is 12.8. The molecule has 1 fully saturated rings. The Morgan fingerprint density at radius 3 is 2.45 bits per heavy atom. The van der Waals surface area contributed by atoms with Crippen LogP contribution in [-0.4, -0.2) is 55.1 Å². The van der Waals surface area contributed by atoms with Gasteiger partial charge in [0.15, 0.2) is 0 Å². The second-order valence-corrected chi connectivity index (χ2v) is 6.06. The second kappa shape index (κ2) is 7.59. The molecule has 0 aromatic heterocycles. The molecule has 0 saturated carbocycles. The molecule has 0 aromatic rings. The van der Waals surface area contributed by atoms with Crippen LogP contribution in [0.5, 0.6) is 0 Å². The molecule has 1 heterocycles. The average Bonchev–Trinajstić information content (AvgIpc) is 2.35. The van der Waals surface area contributed by atoms with Gasteiger partial charge in [-0.1, -0.05) is 0 Å². The summed E-state index contributed by atoms with van der Waals surface area (Å²) in [6.07, 6.45) is 1.62. The monoisotopic (exact) mass is 285 g/mol. The lowest BCUT2D eigenvalue weighted by molar-refractivity contribution is -0.144. The zero-order valence-corrected chi connectivity index (χ0v) is 12.8. The first-order valence-electron chi connectivity index (χ1n) is 7.26. The smallest absolute Gasteiger partial charge is 0.325 e. The fourth-order valence-electron chi connectivity index (χ4n) is 2.45. The highest BCUT2D eigenvalue weighted by Crippen LogP contribution is 2.18. The van der Waals surface area contributed by atoms with Crippen LogP contribution in [0.1, 0.15) is 33.6 Å². The summed E-state index contributed by atoms with van der Waals surface area (Å²) in [5, 5.41) is 2.64. The number of nitrogens with one attached hydrogen (secondary N) is 1. The number of nitrogens with zero attached hydrogens (tertiary/aromatic N) is 1. The Kier molecular flexibility index (Phi) is 6.42. The number of likely N-dealkylation sites (tertiary alicyclic amines) is 1. The van der Waals surface area contributed by atoms with Crippen LogP contribution in [0.4, 0.5) is 0 Å². The van der Waals surface area contributed by atoms with Gasteiger partial charge in [0.1, 0.15) is 6.54 Å². The SMILES string of the molecule is CCOC(=O)CNC(=O)C1CCN(CC(C)(C)N)CC1. The predicted molar refractivity (Wildman–Crippen MR) is 77.1 cm³/mol. The summed E-state index contributed by atoms with van der Waals surface area (Å²) in [6, 6.07) is 0. The molecule has 0 aromatic carbocycles. The molecule has 1 rings (SSSR count). The first-order chi connectivity index (χ1) is 9.31. The third kappa shape index (κ3) is 6.34. The van der Waals surface area contributed by atoms with Crippen molar-refractivity contribution >= 4 is 11.9 Å². The Bertz CT molecular complexity index is 331. The van der Waals surface area contributed by atoms with Gasteiger partial charge < -0.3 is 20.7 Å². The van der Waals surface area contributed by atoms with E-state index in [1.54, 1.807) is 6.92 Å². The minimum Gasteiger partial charge on any atom is -0.465 e. The topological polar surface area (TPSA) is 84.7 Å². The van der Waals surface area contributed by atoms with E-state index in [1.807, 2.05) is 13.8 Å². The minimum absolute atomic E-state index is 0.0124. The number of rotatable bonds is 6. The molecule has 116 valence electrons. The Labute approximate surface area is 121 Å². The molecule has 0 spiro atoms. The number of hydrogen-bond acceptors (Lipinski definition) is 5. The summed E-state index contributed by atoms with van der Waals surface area (Å²) in [5.74, 6) is -0.450. The van der Waals surface area contributed by atoms with Crippen molar-refractivity contribution in [3.8, 4) is 0 Å². The molecular weight excluding hydrogens is 258 g/mol. The van der Waals surface area contributed by atoms with Gasteiger partial charge in [-0.3, -0.25) is 9.59 Å². The molecule has 6 heteroatoms. The molecule has 1 amide bonds. The maximum Gasteiger partial charge on any atom is 0.325 e. The highest BCUT2D eigenvalue weighted by Gasteiger charge is 2.27. The average molecular weight is 285 g/mol. The molecule has 0 bridgehead atoms. The van der Waals surface area contributed by atoms with Gasteiger partial charge >= 0.3 is 5.97 Å². The molecule has 0 radical (unpaired) electrons. The number of amides is 1. The van der Waals surface area contributed by atoms with Gasteiger partial charge in [-0.2, -0.15) is 0 Å². The number of ether oxygens (including phenoxy) is 1. The molecule has 1 saturated heterocycles. The normalized spacial score (nSPS) is 17.8. The van der Waals surface area contributed by atoms with Crippen LogP contribution in [0.15, 0.2) is 0 Å². The van der Waals surface area contributed by atoms with E-state index in [0.29, 0.717) is 6.61 Å². The Hall–Kier alpha value is -1.14. The number of esters is 1. The van der Waals surface area contributed by atoms with E-state index >= 15 is 0 Å². The van der Waals surface area contributed by atoms with Crippen LogP contribution in [0.2, 0.25) is 0 Å². The molecule has 1 aliphatic heterocycles. The molecule has 20 heavy (non-hydrogen) atoms. The zero-order chi connectivity index (χ0) is 15.2. The molecule has 0 unspecified atom stereocenters. The van der Waals surface area contributed by atoms with Gasteiger partial charge in [0.05, 0.1) is 6.61 Å². The highest BCUT2D eigenvalue weighted by molar-refractivity contribution is 5.83. The summed E-state index contributed by atoms with van der Waals surface area (Å²) in [7, 11) is 0. The van der Waals surface area contributed by atoms with E-state index in [1.165, 1.54) is 0 Å². The number of hydrogen-bond donors (Lipinski definition) is 2. The molecular formula is C14H27N3O3. The van der Waals surface area contributed by atoms with Gasteiger partial charge in [-0.25, -0.2) is 0 Å². The lowest BCUT2D eigenvalue weighted by Crippen LogP contribution is -2.49. The molecule has 6 nitrogen and oxygen atoms in total. The summed E-state index contributed by atoms with van der Waals surface area (Å²) in [5.41, 5.74) is 5.79. The van der Waals surface area contributed by atoms with Gasteiger partial charge in [0.2, 0.25) is 5.91 Å². The van der Waals surface area contributed by atoms with Crippen molar-refractivity contribution in [1.29, 1.82) is 0 Å². The third-order valence-corrected chi connectivity index (χ3v) is 3.30. The van der Waals surface area contributed by atoms with Crippen LogP contribution >= 0.6 is 0 Å². The van der Waals surface area contributed by atoms with Crippen molar-refractivity contribution in [3.63, 3.8) is 0 Å². The summed E-state index contributed by atoms with van der Waals surface area (Å²) >= 11 is 0. The number of piperidine rings is 1. The molecule has 1 aliphatic rings. The van der Waals surface area contributed by atoms with E-state index < -0.39 is 0 Å². The van der Waals surface area contributed by atoms with Gasteiger partial charge in [0, 0.05) is 18.0 Å². The number of carbonyl (C=O) groups excluding carboxylic acids is 2. The second-order valence-electron chi connectivity index (χ2n) is 6.06. The van der Waals surface area contributed by atoms with E-state index in [-0.39, 0.29) is 29.9 Å². The van der Waals surface area contributed by atoms with E-state index in [0.717, 1.165) is 32.5 Å². The van der Waals surface area contributed by atoms with Gasteiger partial charge in [-0.05, 0) is 46.7 Å². The Balaban J connectivity index is 2.27. The van der Waals surface area contributed by atoms with Crippen LogP contribution in [0.25, 0.3) is 0 Å². The molecule has 0 atom stereocenters. The van der Waals surface area contributed by atoms with Crippen LogP contribution in [0, 0.1) is 5.92 Å². The van der Waals surface area contributed by atoms with Gasteiger partial charge in [0.25, 0.3) is 0 Å². The fraction of sp³-hybridized carbons (Fsp3) is 0.857. The summed E-state index contributed by atoms with van der Waals surface area (Å²) in [4.78, 5) is 25.4. The van der Waals surface area contributed by atoms with Crippen LogP contribution in [-0.2, 0) is 14.3 Å². The van der Waals surface area contributed by atoms with E-state index in [2.05, 4.69) is 10.2 Å². The molecule has 0 aliphatic carbocycles. The fourth-order valence-corrected chi connectivity index (χ4v) is 2.45. The van der Waals surface area contributed by atoms with Crippen molar-refractivity contribution in [2.45, 2.75) is 39.2 Å². The molecule has 3 N–H and O–H groups in total. The van der Waals surface area contributed by atoms with Crippen LogP contribution in [0.3, 0.4) is 0 Å². The van der Waals surface area contributed by atoms with Crippen molar-refractivity contribution in [2.75, 3.05) is 32.8 Å². The number of nitrogens with two attached hydrogens (primary N) is 1. The van der Waals surface area contributed by atoms with Crippen molar-refractivity contribution in [3.05, 3.63) is 0 Å². The third-order valence-electron chi connectivity index (χ3n) is 3.30. The number of carbonyl (C=O) groups is 2. The lowest BCUT2D eigenvalue weighted by atomic mass is 9.94. The Morgan fingerprint density at radius 2 is 1.95 bits per heavy atom. The van der Waals surface area contributed by atoms with Gasteiger partial charge in [-0.15, -0.1) is 0 Å². The summed E-state index contributed by atoms with van der Waals surface area (Å²) < 4.78 is 4.78. The van der Waals surface area contributed by atoms with E-state index in [9.17, 15) is 9.59 Å². The van der Waals surface area contributed by atoms with E-state index in [4.69, 9.17) is 10.5 Å². The van der Waals surface area contributed by atoms with Crippen LogP contribution < -0.4 is 11.1 Å². The minimum atomic E-state index is -0.386. The van der Waals surface area contributed by atoms with Crippen molar-refractivity contribution in [2.24, 2.45) is 11.7 Å². The maximum atomic E-state index is 11.9. The summed E-state index contributed by atoms with van der Waals surface area (Å²) in [6.45, 7) is 8.63. The largest absolute Gasteiger partial charge is 0.465 e. The van der Waals surface area contributed by atoms with Crippen molar-refractivity contribution in [1.82, 2.24) is 10.2 Å². The quantitative estimate of drug-likeness (QED) is 0.677. The van der Waals surface area contributed by atoms with Crippen molar-refractivity contribution < 1.29 is 14.3 Å². The lowest BCUT2D eigenvalue weighted by Gasteiger charge is -2.35. The standard InChI is InChI=1S/C14H27N3O3/c1-4-20-12(18)9-16-13(19)11-5-7-17(8-6-11)10-14(2,3)15/h11H,4-10,15H2,1-3H3,(H,16,19). The highest BCUT2D eigenvalue weighted by atomic mass is 16.5. The first-order valence-corrected chi connectivity index (χ1v) is 7.26. The predicted octanol–water partition coefficient (Wildman–Crippen LogP) is 0.115. The Morgan fingerprint density at radius 1 is 1.35 bits per heavy atom. The first kappa shape index (κ1) is 16.9. The maximum absolute atomic E-state index is 11.9.